The highest BCUT2D eigenvalue weighted by Crippen LogP contribution is 2.26. The quantitative estimate of drug-likeness (QED) is 0.524. The Morgan fingerprint density at radius 2 is 2.19 bits per heavy atom. The Hall–Kier alpha value is -1.98. The number of H-pyrrole nitrogens is 2. The molecule has 0 aromatic carbocycles. The van der Waals surface area contributed by atoms with Crippen molar-refractivity contribution in [3.05, 3.63) is 37.2 Å². The highest BCUT2D eigenvalue weighted by atomic mass is 32.2. The van der Waals surface area contributed by atoms with Crippen LogP contribution in [0.1, 0.15) is 29.0 Å². The van der Waals surface area contributed by atoms with Gasteiger partial charge in [-0.25, -0.2) is 4.98 Å². The van der Waals surface area contributed by atoms with E-state index in [1.54, 1.807) is 11.6 Å². The van der Waals surface area contributed by atoms with Crippen molar-refractivity contribution in [2.75, 3.05) is 0 Å². The van der Waals surface area contributed by atoms with Crippen LogP contribution in [0.25, 0.3) is 10.2 Å². The summed E-state index contributed by atoms with van der Waals surface area (Å²) in [5, 5.41) is 9.94. The number of thioether (sulfide) groups is 1. The molecule has 0 saturated heterocycles. The number of nitrogens with zero attached hydrogens (tertiary/aromatic N) is 3. The van der Waals surface area contributed by atoms with Gasteiger partial charge in [0.25, 0.3) is 5.56 Å². The molecule has 11 heteroatoms. The van der Waals surface area contributed by atoms with Gasteiger partial charge in [0.05, 0.1) is 22.9 Å². The Morgan fingerprint density at radius 1 is 1.44 bits per heavy atom. The summed E-state index contributed by atoms with van der Waals surface area (Å²) in [7, 11) is 1.79. The SMILES string of the molecule is Cc1sc2nc(CSC(C)C(=O)NCc3n[nH]c(=S)n3C)[nH]c(=O)c2c1C. The molecule has 0 aliphatic heterocycles. The summed E-state index contributed by atoms with van der Waals surface area (Å²) in [6.45, 7) is 6.03. The maximum absolute atomic E-state index is 12.3. The third-order valence-corrected chi connectivity index (χ3v) is 6.94. The van der Waals surface area contributed by atoms with Crippen LogP contribution in [0.3, 0.4) is 0 Å². The largest absolute Gasteiger partial charge is 0.348 e. The summed E-state index contributed by atoms with van der Waals surface area (Å²) in [5.74, 6) is 1.57. The molecule has 3 aromatic rings. The van der Waals surface area contributed by atoms with Gasteiger partial charge in [-0.2, -0.15) is 5.10 Å². The zero-order valence-electron chi connectivity index (χ0n) is 15.4. The summed E-state index contributed by atoms with van der Waals surface area (Å²) in [5.41, 5.74) is 0.852. The lowest BCUT2D eigenvalue weighted by molar-refractivity contribution is -0.120. The minimum atomic E-state index is -0.301. The number of carbonyl (C=O) groups is 1. The van der Waals surface area contributed by atoms with Crippen molar-refractivity contribution in [2.24, 2.45) is 7.05 Å². The van der Waals surface area contributed by atoms with Crippen molar-refractivity contribution < 1.29 is 4.79 Å². The summed E-state index contributed by atoms with van der Waals surface area (Å²) in [6.07, 6.45) is 0. The highest BCUT2D eigenvalue weighted by molar-refractivity contribution is 7.99. The Bertz CT molecular complexity index is 1110. The van der Waals surface area contributed by atoms with Crippen molar-refractivity contribution in [3.8, 4) is 0 Å². The normalized spacial score (nSPS) is 12.4. The van der Waals surface area contributed by atoms with E-state index in [4.69, 9.17) is 12.2 Å². The zero-order valence-corrected chi connectivity index (χ0v) is 17.8. The van der Waals surface area contributed by atoms with Gasteiger partial charge >= 0.3 is 0 Å². The van der Waals surface area contributed by atoms with Crippen LogP contribution >= 0.6 is 35.3 Å². The second-order valence-electron chi connectivity index (χ2n) is 6.15. The molecule has 0 bridgehead atoms. The van der Waals surface area contributed by atoms with Crippen LogP contribution in [-0.4, -0.2) is 35.9 Å². The first-order valence-corrected chi connectivity index (χ1v) is 10.5. The number of amides is 1. The molecule has 1 unspecified atom stereocenters. The van der Waals surface area contributed by atoms with Crippen LogP contribution in [0.4, 0.5) is 0 Å². The lowest BCUT2D eigenvalue weighted by Gasteiger charge is -2.11. The molecule has 0 spiro atoms. The van der Waals surface area contributed by atoms with E-state index in [1.165, 1.54) is 23.1 Å². The Labute approximate surface area is 168 Å². The van der Waals surface area contributed by atoms with Crippen molar-refractivity contribution >= 4 is 51.4 Å². The molecule has 3 rings (SSSR count). The lowest BCUT2D eigenvalue weighted by Crippen LogP contribution is -2.31. The van der Waals surface area contributed by atoms with Crippen molar-refractivity contribution in [3.63, 3.8) is 0 Å². The number of aromatic amines is 2. The number of carbonyl (C=O) groups excluding carboxylic acids is 1. The standard InChI is InChI=1S/C16H20N6O2S3/c1-7-8(2)27-15-12(7)14(24)18-10(19-15)6-26-9(3)13(23)17-5-11-20-21-16(25)22(11)4/h9H,5-6H2,1-4H3,(H,17,23)(H,21,25)(H,18,19,24). The molecule has 0 aliphatic rings. The molecule has 144 valence electrons. The predicted molar refractivity (Wildman–Crippen MR) is 111 cm³/mol. The number of fused-ring (bicyclic) bond motifs is 1. The Morgan fingerprint density at radius 3 is 2.85 bits per heavy atom. The number of rotatable bonds is 6. The number of thiophene rings is 1. The monoisotopic (exact) mass is 424 g/mol. The van der Waals surface area contributed by atoms with E-state index in [0.717, 1.165) is 15.3 Å². The fourth-order valence-corrected chi connectivity index (χ4v) is 4.47. The van der Waals surface area contributed by atoms with Crippen LogP contribution in [0.2, 0.25) is 0 Å². The smallest absolute Gasteiger partial charge is 0.259 e. The van der Waals surface area contributed by atoms with Crippen molar-refractivity contribution in [1.29, 1.82) is 0 Å². The van der Waals surface area contributed by atoms with E-state index in [-0.39, 0.29) is 16.7 Å². The molecule has 0 saturated carbocycles. The molecule has 8 nitrogen and oxygen atoms in total. The molecule has 27 heavy (non-hydrogen) atoms. The summed E-state index contributed by atoms with van der Waals surface area (Å²) in [6, 6.07) is 0. The average Bonchev–Trinajstić information content (AvgIpc) is 3.10. The van der Waals surface area contributed by atoms with Gasteiger partial charge in [-0.15, -0.1) is 23.1 Å². The third-order valence-electron chi connectivity index (χ3n) is 4.32. The van der Waals surface area contributed by atoms with Crippen LogP contribution in [-0.2, 0) is 24.1 Å². The van der Waals surface area contributed by atoms with E-state index >= 15 is 0 Å². The van der Waals surface area contributed by atoms with Gasteiger partial charge in [0, 0.05) is 11.9 Å². The zero-order chi connectivity index (χ0) is 19.7. The fraction of sp³-hybridized carbons (Fsp3) is 0.438. The van der Waals surface area contributed by atoms with E-state index < -0.39 is 0 Å². The summed E-state index contributed by atoms with van der Waals surface area (Å²) in [4.78, 5) is 33.8. The number of nitrogens with one attached hydrogen (secondary N) is 3. The van der Waals surface area contributed by atoms with Gasteiger partial charge in [0.2, 0.25) is 5.91 Å². The Kier molecular flexibility index (Phi) is 5.82. The van der Waals surface area contributed by atoms with E-state index in [2.05, 4.69) is 25.5 Å². The average molecular weight is 425 g/mol. The van der Waals surface area contributed by atoms with Gasteiger partial charge in [-0.3, -0.25) is 14.7 Å². The highest BCUT2D eigenvalue weighted by Gasteiger charge is 2.16. The number of aryl methyl sites for hydroxylation is 2. The van der Waals surface area contributed by atoms with Gasteiger partial charge in [-0.05, 0) is 38.6 Å². The van der Waals surface area contributed by atoms with Gasteiger partial charge in [-0.1, -0.05) is 0 Å². The third kappa shape index (κ3) is 4.14. The Balaban J connectivity index is 1.61. The molecule has 0 fully saturated rings. The topological polar surface area (TPSA) is 108 Å². The first-order chi connectivity index (χ1) is 12.8. The predicted octanol–water partition coefficient (Wildman–Crippen LogP) is 2.33. The molecule has 3 N–H and O–H groups in total. The minimum absolute atomic E-state index is 0.111. The van der Waals surface area contributed by atoms with Crippen molar-refractivity contribution in [2.45, 2.75) is 38.3 Å². The summed E-state index contributed by atoms with van der Waals surface area (Å²) < 4.78 is 2.22. The molecule has 1 atom stereocenters. The van der Waals surface area contributed by atoms with Crippen LogP contribution in [0, 0.1) is 18.6 Å². The van der Waals surface area contributed by atoms with E-state index in [1.807, 2.05) is 20.8 Å². The molecule has 0 radical (unpaired) electrons. The number of hydrogen-bond acceptors (Lipinski definition) is 7. The van der Waals surface area contributed by atoms with Gasteiger partial charge < -0.3 is 14.9 Å². The molecular weight excluding hydrogens is 404 g/mol. The summed E-state index contributed by atoms with van der Waals surface area (Å²) >= 11 is 7.98. The lowest BCUT2D eigenvalue weighted by atomic mass is 10.2. The second-order valence-corrected chi connectivity index (χ2v) is 9.07. The van der Waals surface area contributed by atoms with Crippen LogP contribution in [0.15, 0.2) is 4.79 Å². The number of aromatic nitrogens is 5. The van der Waals surface area contributed by atoms with Crippen molar-refractivity contribution in [1.82, 2.24) is 30.0 Å². The maximum Gasteiger partial charge on any atom is 0.259 e. The van der Waals surface area contributed by atoms with Gasteiger partial charge in [0.15, 0.2) is 10.6 Å². The maximum atomic E-state index is 12.3. The molecule has 3 aromatic heterocycles. The molecular formula is C16H20N6O2S3. The van der Waals surface area contributed by atoms with Crippen LogP contribution in [0.5, 0.6) is 0 Å². The fourth-order valence-electron chi connectivity index (χ4n) is 2.49. The molecule has 1 amide bonds. The van der Waals surface area contributed by atoms with Crippen LogP contribution < -0.4 is 10.9 Å². The molecule has 3 heterocycles. The first-order valence-electron chi connectivity index (χ1n) is 8.26. The first kappa shape index (κ1) is 19.8. The van der Waals surface area contributed by atoms with E-state index in [0.29, 0.717) is 34.1 Å². The molecule has 0 aliphatic carbocycles. The second kappa shape index (κ2) is 7.95. The minimum Gasteiger partial charge on any atom is -0.348 e. The number of hydrogen-bond donors (Lipinski definition) is 3. The van der Waals surface area contributed by atoms with Gasteiger partial charge in [0.1, 0.15) is 10.7 Å². The van der Waals surface area contributed by atoms with E-state index in [9.17, 15) is 9.59 Å².